The zero-order valence-electron chi connectivity index (χ0n) is 23.4. The van der Waals surface area contributed by atoms with Gasteiger partial charge in [-0.2, -0.15) is 0 Å². The van der Waals surface area contributed by atoms with Gasteiger partial charge in [0.2, 0.25) is 5.91 Å². The van der Waals surface area contributed by atoms with Gasteiger partial charge in [0.1, 0.15) is 17.3 Å². The number of halogens is 2. The van der Waals surface area contributed by atoms with E-state index in [2.05, 4.69) is 16.0 Å². The molecule has 0 aliphatic rings. The van der Waals surface area contributed by atoms with Gasteiger partial charge in [-0.15, -0.1) is 11.8 Å². The summed E-state index contributed by atoms with van der Waals surface area (Å²) in [5.41, 5.74) is 1.11. The number of para-hydroxylation sites is 2. The number of hydrogen-bond donors (Lipinski definition) is 3. The van der Waals surface area contributed by atoms with Gasteiger partial charge in [-0.3, -0.25) is 14.4 Å². The second-order valence-electron chi connectivity index (χ2n) is 9.17. The van der Waals surface area contributed by atoms with Crippen LogP contribution in [0.4, 0.5) is 15.8 Å². The minimum atomic E-state index is -0.676. The quantitative estimate of drug-likeness (QED) is 0.120. The van der Waals surface area contributed by atoms with E-state index in [9.17, 15) is 18.8 Å². The number of ether oxygens (including phenoxy) is 1. The van der Waals surface area contributed by atoms with E-state index in [-0.39, 0.29) is 22.2 Å². The Morgan fingerprint density at radius 2 is 1.60 bits per heavy atom. The average Bonchev–Trinajstić information content (AvgIpc) is 3.00. The molecule has 1 atom stereocenters. The molecule has 0 aromatic heterocycles. The number of rotatable bonds is 11. The zero-order chi connectivity index (χ0) is 30.8. The summed E-state index contributed by atoms with van der Waals surface area (Å²) in [5, 5.41) is 7.85. The molecule has 0 saturated carbocycles. The molecule has 3 amide bonds. The van der Waals surface area contributed by atoms with Crippen molar-refractivity contribution in [3.8, 4) is 5.75 Å². The Morgan fingerprint density at radius 3 is 2.30 bits per heavy atom. The Morgan fingerprint density at radius 1 is 0.907 bits per heavy atom. The van der Waals surface area contributed by atoms with Crippen LogP contribution >= 0.6 is 23.4 Å². The summed E-state index contributed by atoms with van der Waals surface area (Å²) in [6.45, 7) is 4.15. The fourth-order valence-electron chi connectivity index (χ4n) is 3.89. The molecule has 0 heterocycles. The number of hydrogen-bond acceptors (Lipinski definition) is 5. The standard InChI is InChI=1S/C33H29ClFN3O4S/c1-3-42-30-15-8-7-14-28(30)37-31(39)21(2)43-24-18-16-23(17-19-24)36-33(41)29(20-25-26(34)12-9-13-27(25)35)38-32(40)22-10-5-4-6-11-22/h4-21H,3H2,1-2H3,(H,36,41)(H,37,39)(H,38,40)/b29-20-. The predicted molar refractivity (Wildman–Crippen MR) is 170 cm³/mol. The first-order chi connectivity index (χ1) is 20.7. The topological polar surface area (TPSA) is 96.5 Å². The maximum Gasteiger partial charge on any atom is 0.272 e. The SMILES string of the molecule is CCOc1ccccc1NC(=O)C(C)Sc1ccc(NC(=O)/C(=C/c2c(F)cccc2Cl)NC(=O)c2ccccc2)cc1. The number of anilines is 2. The highest BCUT2D eigenvalue weighted by Gasteiger charge is 2.19. The van der Waals surface area contributed by atoms with Crippen LogP contribution in [0.1, 0.15) is 29.8 Å². The molecule has 10 heteroatoms. The highest BCUT2D eigenvalue weighted by Crippen LogP contribution is 2.29. The first-order valence-corrected chi connectivity index (χ1v) is 14.6. The second kappa shape index (κ2) is 15.0. The monoisotopic (exact) mass is 617 g/mol. The number of nitrogens with one attached hydrogen (secondary N) is 3. The normalized spacial score (nSPS) is 11.8. The van der Waals surface area contributed by atoms with E-state index < -0.39 is 22.9 Å². The minimum Gasteiger partial charge on any atom is -0.492 e. The summed E-state index contributed by atoms with van der Waals surface area (Å²) in [6, 6.07) is 26.6. The van der Waals surface area contributed by atoms with Crippen LogP contribution in [0.15, 0.2) is 108 Å². The van der Waals surface area contributed by atoms with Gasteiger partial charge in [-0.1, -0.05) is 48.0 Å². The molecule has 0 spiro atoms. The van der Waals surface area contributed by atoms with Crippen LogP contribution < -0.4 is 20.7 Å². The molecule has 4 rings (SSSR count). The van der Waals surface area contributed by atoms with Crippen LogP contribution in [0.2, 0.25) is 5.02 Å². The molecule has 0 saturated heterocycles. The van der Waals surface area contributed by atoms with Crippen molar-refractivity contribution < 1.29 is 23.5 Å². The highest BCUT2D eigenvalue weighted by atomic mass is 35.5. The van der Waals surface area contributed by atoms with Crippen LogP contribution in [-0.4, -0.2) is 29.6 Å². The van der Waals surface area contributed by atoms with Gasteiger partial charge >= 0.3 is 0 Å². The smallest absolute Gasteiger partial charge is 0.272 e. The molecule has 0 fully saturated rings. The lowest BCUT2D eigenvalue weighted by Crippen LogP contribution is -2.30. The fraction of sp³-hybridized carbons (Fsp3) is 0.121. The summed E-state index contributed by atoms with van der Waals surface area (Å²) in [4.78, 5) is 39.7. The van der Waals surface area contributed by atoms with E-state index >= 15 is 0 Å². The fourth-order valence-corrected chi connectivity index (χ4v) is 4.98. The van der Waals surface area contributed by atoms with Crippen molar-refractivity contribution in [2.24, 2.45) is 0 Å². The van der Waals surface area contributed by atoms with Crippen LogP contribution in [-0.2, 0) is 9.59 Å². The molecular weight excluding hydrogens is 589 g/mol. The van der Waals surface area contributed by atoms with E-state index in [4.69, 9.17) is 16.3 Å². The van der Waals surface area contributed by atoms with Crippen molar-refractivity contribution in [3.63, 3.8) is 0 Å². The number of benzene rings is 4. The van der Waals surface area contributed by atoms with Crippen LogP contribution in [0.25, 0.3) is 6.08 Å². The summed E-state index contributed by atoms with van der Waals surface area (Å²) in [6.07, 6.45) is 1.20. The molecule has 4 aromatic carbocycles. The minimum absolute atomic E-state index is 0.0365. The molecule has 0 aliphatic carbocycles. The largest absolute Gasteiger partial charge is 0.492 e. The molecule has 0 radical (unpaired) electrons. The van der Waals surface area contributed by atoms with Gasteiger partial charge in [0.05, 0.1) is 22.6 Å². The van der Waals surface area contributed by atoms with Crippen LogP contribution in [0, 0.1) is 5.82 Å². The maximum atomic E-state index is 14.5. The Balaban J connectivity index is 1.45. The number of carbonyl (C=O) groups excluding carboxylic acids is 3. The number of thioether (sulfide) groups is 1. The molecule has 4 aromatic rings. The summed E-state index contributed by atoms with van der Waals surface area (Å²) < 4.78 is 20.1. The summed E-state index contributed by atoms with van der Waals surface area (Å²) in [5.74, 6) is -1.46. The highest BCUT2D eigenvalue weighted by molar-refractivity contribution is 8.00. The third kappa shape index (κ3) is 8.70. The first-order valence-electron chi connectivity index (χ1n) is 13.4. The predicted octanol–water partition coefficient (Wildman–Crippen LogP) is 7.41. The van der Waals surface area contributed by atoms with Gasteiger partial charge < -0.3 is 20.7 Å². The molecule has 0 bridgehead atoms. The third-order valence-corrected chi connectivity index (χ3v) is 7.50. The molecule has 0 aliphatic heterocycles. The van der Waals surface area contributed by atoms with Crippen molar-refractivity contribution >= 4 is 58.5 Å². The van der Waals surface area contributed by atoms with E-state index in [1.54, 1.807) is 73.7 Å². The number of carbonyl (C=O) groups is 3. The van der Waals surface area contributed by atoms with E-state index in [0.29, 0.717) is 29.3 Å². The summed E-state index contributed by atoms with van der Waals surface area (Å²) >= 11 is 7.52. The van der Waals surface area contributed by atoms with Crippen molar-refractivity contribution in [3.05, 3.63) is 125 Å². The molecule has 7 nitrogen and oxygen atoms in total. The van der Waals surface area contributed by atoms with Crippen molar-refractivity contribution in [1.82, 2.24) is 5.32 Å². The molecule has 43 heavy (non-hydrogen) atoms. The van der Waals surface area contributed by atoms with E-state index in [1.165, 1.54) is 36.0 Å². The molecule has 220 valence electrons. The van der Waals surface area contributed by atoms with Crippen molar-refractivity contribution in [2.75, 3.05) is 17.2 Å². The Hall–Kier alpha value is -4.60. The summed E-state index contributed by atoms with van der Waals surface area (Å²) in [7, 11) is 0. The lowest BCUT2D eigenvalue weighted by molar-refractivity contribution is -0.115. The van der Waals surface area contributed by atoms with Gasteiger partial charge in [0.15, 0.2) is 0 Å². The molecular formula is C33H29ClFN3O4S. The van der Waals surface area contributed by atoms with Gasteiger partial charge in [0.25, 0.3) is 11.8 Å². The molecule has 1 unspecified atom stereocenters. The first kappa shape index (κ1) is 31.3. The van der Waals surface area contributed by atoms with Gasteiger partial charge in [0, 0.05) is 21.7 Å². The van der Waals surface area contributed by atoms with Crippen molar-refractivity contribution in [1.29, 1.82) is 0 Å². The van der Waals surface area contributed by atoms with E-state index in [0.717, 1.165) is 4.90 Å². The lowest BCUT2D eigenvalue weighted by atomic mass is 10.1. The Labute approximate surface area is 258 Å². The Bertz CT molecular complexity index is 1610. The zero-order valence-corrected chi connectivity index (χ0v) is 25.0. The van der Waals surface area contributed by atoms with Gasteiger partial charge in [-0.05, 0) is 80.6 Å². The van der Waals surface area contributed by atoms with E-state index in [1.807, 2.05) is 19.1 Å². The number of amides is 3. The van der Waals surface area contributed by atoms with Gasteiger partial charge in [-0.25, -0.2) is 4.39 Å². The molecule has 3 N–H and O–H groups in total. The average molecular weight is 618 g/mol. The van der Waals surface area contributed by atoms with Crippen LogP contribution in [0.5, 0.6) is 5.75 Å². The van der Waals surface area contributed by atoms with Crippen molar-refractivity contribution in [2.45, 2.75) is 24.0 Å². The lowest BCUT2D eigenvalue weighted by Gasteiger charge is -2.15. The Kier molecular flexibility index (Phi) is 11.0. The second-order valence-corrected chi connectivity index (χ2v) is 11.0. The maximum absolute atomic E-state index is 14.5. The van der Waals surface area contributed by atoms with Crippen LogP contribution in [0.3, 0.4) is 0 Å². The third-order valence-electron chi connectivity index (χ3n) is 6.06.